The summed E-state index contributed by atoms with van der Waals surface area (Å²) in [5, 5.41) is 13.6. The first kappa shape index (κ1) is 9.45. The third-order valence-electron chi connectivity index (χ3n) is 2.48. The van der Waals surface area contributed by atoms with Gasteiger partial charge in [0, 0.05) is 0 Å². The molecule has 0 bridgehead atoms. The van der Waals surface area contributed by atoms with Gasteiger partial charge < -0.3 is 5.21 Å². The number of hydrogen-bond donors (Lipinski definition) is 2. The fraction of sp³-hybridized carbons (Fsp3) is 0.400. The molecule has 1 aromatic carbocycles. The molecular weight excluding hydrogens is 178 g/mol. The van der Waals surface area contributed by atoms with Crippen molar-refractivity contribution in [1.29, 1.82) is 0 Å². The van der Waals surface area contributed by atoms with Crippen molar-refractivity contribution < 1.29 is 5.17 Å². The van der Waals surface area contributed by atoms with Crippen molar-refractivity contribution in [1.82, 2.24) is 5.43 Å². The van der Waals surface area contributed by atoms with E-state index in [1.807, 2.05) is 44.2 Å². The van der Waals surface area contributed by atoms with Crippen molar-refractivity contribution in [2.24, 2.45) is 0 Å². The topological polar surface area (TPSA) is 42.8 Å². The van der Waals surface area contributed by atoms with Gasteiger partial charge in [-0.15, -0.1) is 0 Å². The lowest BCUT2D eigenvalue weighted by molar-refractivity contribution is -0.895. The number of para-hydroxylation sites is 1. The van der Waals surface area contributed by atoms with Crippen LogP contribution in [0.15, 0.2) is 30.3 Å². The van der Waals surface area contributed by atoms with E-state index in [-0.39, 0.29) is 10.7 Å². The first-order chi connectivity index (χ1) is 6.61. The number of nitrogens with zero attached hydrogens (tertiary/aromatic N) is 1. The van der Waals surface area contributed by atoms with Gasteiger partial charge in [0.1, 0.15) is 11.2 Å². The predicted molar refractivity (Wildman–Crippen MR) is 55.3 cm³/mol. The Balaban J connectivity index is 2.23. The zero-order chi connectivity index (χ0) is 10.2. The van der Waals surface area contributed by atoms with Crippen molar-refractivity contribution in [2.75, 3.05) is 11.7 Å². The van der Waals surface area contributed by atoms with Crippen LogP contribution in [0.3, 0.4) is 0 Å². The predicted octanol–water partition coefficient (Wildman–Crippen LogP) is 0.0875. The Morgan fingerprint density at radius 3 is 2.50 bits per heavy atom. The summed E-state index contributed by atoms with van der Waals surface area (Å²) in [7, 11) is 0. The summed E-state index contributed by atoms with van der Waals surface area (Å²) in [6.45, 7) is 4.59. The second-order valence-corrected chi connectivity index (χ2v) is 4.19. The molecule has 1 unspecified atom stereocenters. The molecule has 1 aliphatic rings. The molecule has 2 rings (SSSR count). The second-order valence-electron chi connectivity index (χ2n) is 4.19. The van der Waals surface area contributed by atoms with Crippen molar-refractivity contribution in [3.05, 3.63) is 35.5 Å². The third-order valence-corrected chi connectivity index (χ3v) is 2.48. The summed E-state index contributed by atoms with van der Waals surface area (Å²) in [5.74, 6) is 0. The molecule has 0 aliphatic carbocycles. The SMILES string of the molecule is CC1(C)CNN(c2ccccc2)[NH+]1[O-]. The highest BCUT2D eigenvalue weighted by atomic mass is 16.6. The number of rotatable bonds is 1. The van der Waals surface area contributed by atoms with Crippen LogP contribution in [-0.2, 0) is 0 Å². The van der Waals surface area contributed by atoms with E-state index in [0.717, 1.165) is 5.69 Å². The lowest BCUT2D eigenvalue weighted by Crippen LogP contribution is -3.19. The van der Waals surface area contributed by atoms with E-state index in [9.17, 15) is 5.21 Å². The van der Waals surface area contributed by atoms with Crippen LogP contribution in [-0.4, -0.2) is 12.1 Å². The van der Waals surface area contributed by atoms with E-state index in [4.69, 9.17) is 0 Å². The Bertz CT molecular complexity index is 312. The van der Waals surface area contributed by atoms with Gasteiger partial charge in [-0.05, 0) is 26.0 Å². The summed E-state index contributed by atoms with van der Waals surface area (Å²) in [5.41, 5.74) is 3.71. The summed E-state index contributed by atoms with van der Waals surface area (Å²) in [6.07, 6.45) is 0. The van der Waals surface area contributed by atoms with Gasteiger partial charge in [0.25, 0.3) is 0 Å². The molecule has 0 amide bonds. The van der Waals surface area contributed by atoms with Crippen LogP contribution in [0.5, 0.6) is 0 Å². The molecule has 1 heterocycles. The molecule has 1 aromatic rings. The number of hydrazine groups is 1. The number of hydroxylamine groups is 1. The van der Waals surface area contributed by atoms with Gasteiger partial charge in [0.15, 0.2) is 0 Å². The highest BCUT2D eigenvalue weighted by Crippen LogP contribution is 2.11. The summed E-state index contributed by atoms with van der Waals surface area (Å²) in [4.78, 5) is 0. The van der Waals surface area contributed by atoms with Crippen LogP contribution in [0.4, 0.5) is 5.69 Å². The Morgan fingerprint density at radius 1 is 1.36 bits per heavy atom. The molecule has 0 saturated carbocycles. The maximum atomic E-state index is 11.9. The number of benzene rings is 1. The van der Waals surface area contributed by atoms with Crippen LogP contribution < -0.4 is 15.7 Å². The monoisotopic (exact) mass is 193 g/mol. The van der Waals surface area contributed by atoms with Crippen LogP contribution in [0.1, 0.15) is 13.8 Å². The van der Waals surface area contributed by atoms with Crippen LogP contribution in [0.25, 0.3) is 0 Å². The smallest absolute Gasteiger partial charge is 0.130 e. The van der Waals surface area contributed by atoms with E-state index >= 15 is 0 Å². The normalized spacial score (nSPS) is 25.4. The number of quaternary nitrogens is 1. The van der Waals surface area contributed by atoms with Gasteiger partial charge in [0.05, 0.1) is 6.54 Å². The molecule has 0 radical (unpaired) electrons. The first-order valence-corrected chi connectivity index (χ1v) is 4.74. The molecule has 4 nitrogen and oxygen atoms in total. The number of hydrogen-bond acceptors (Lipinski definition) is 3. The highest BCUT2D eigenvalue weighted by molar-refractivity contribution is 5.42. The Hall–Kier alpha value is -1.10. The molecule has 1 atom stereocenters. The number of nitrogens with one attached hydrogen (secondary N) is 2. The van der Waals surface area contributed by atoms with Crippen molar-refractivity contribution in [3.63, 3.8) is 0 Å². The Labute approximate surface area is 83.6 Å². The molecule has 1 fully saturated rings. The van der Waals surface area contributed by atoms with E-state index in [1.54, 1.807) is 5.12 Å². The summed E-state index contributed by atoms with van der Waals surface area (Å²) in [6, 6.07) is 9.64. The van der Waals surface area contributed by atoms with Gasteiger partial charge in [-0.1, -0.05) is 18.2 Å². The van der Waals surface area contributed by atoms with Crippen LogP contribution >= 0.6 is 0 Å². The molecule has 1 saturated heterocycles. The van der Waals surface area contributed by atoms with Gasteiger partial charge >= 0.3 is 0 Å². The zero-order valence-corrected chi connectivity index (χ0v) is 8.45. The second kappa shape index (κ2) is 3.24. The van der Waals surface area contributed by atoms with Gasteiger partial charge in [-0.3, -0.25) is 0 Å². The molecule has 4 heteroatoms. The molecule has 1 aliphatic heterocycles. The van der Waals surface area contributed by atoms with Crippen molar-refractivity contribution in [2.45, 2.75) is 19.4 Å². The van der Waals surface area contributed by atoms with Crippen LogP contribution in [0.2, 0.25) is 0 Å². The maximum absolute atomic E-state index is 11.9. The van der Waals surface area contributed by atoms with Crippen molar-refractivity contribution >= 4 is 5.69 Å². The average molecular weight is 193 g/mol. The van der Waals surface area contributed by atoms with E-state index in [2.05, 4.69) is 5.43 Å². The van der Waals surface area contributed by atoms with E-state index in [1.165, 1.54) is 0 Å². The van der Waals surface area contributed by atoms with Gasteiger partial charge in [0.2, 0.25) is 0 Å². The standard InChI is InChI=1S/C10H15N3O/c1-10(2)8-11-12(13(10)14)9-6-4-3-5-7-9/h3-7,11,13H,8H2,1-2H3. The molecule has 76 valence electrons. The minimum atomic E-state index is -0.296. The van der Waals surface area contributed by atoms with Crippen LogP contribution in [0, 0.1) is 5.21 Å². The molecule has 2 N–H and O–H groups in total. The van der Waals surface area contributed by atoms with E-state index < -0.39 is 0 Å². The highest BCUT2D eigenvalue weighted by Gasteiger charge is 2.37. The fourth-order valence-electron chi connectivity index (χ4n) is 1.51. The lowest BCUT2D eigenvalue weighted by atomic mass is 10.1. The summed E-state index contributed by atoms with van der Waals surface area (Å²) < 4.78 is 0. The zero-order valence-electron chi connectivity index (χ0n) is 8.45. The minimum Gasteiger partial charge on any atom is -0.606 e. The van der Waals surface area contributed by atoms with Gasteiger partial charge in [-0.25, -0.2) is 5.17 Å². The average Bonchev–Trinajstić information content (AvgIpc) is 2.44. The molecule has 14 heavy (non-hydrogen) atoms. The third kappa shape index (κ3) is 1.48. The maximum Gasteiger partial charge on any atom is 0.130 e. The first-order valence-electron chi connectivity index (χ1n) is 4.74. The minimum absolute atomic E-state index is 0.128. The van der Waals surface area contributed by atoms with Gasteiger partial charge in [-0.2, -0.15) is 10.5 Å². The van der Waals surface area contributed by atoms with Crippen molar-refractivity contribution in [3.8, 4) is 0 Å². The fourth-order valence-corrected chi connectivity index (χ4v) is 1.51. The Kier molecular flexibility index (Phi) is 2.19. The molecular formula is C10H15N3O. The quantitative estimate of drug-likeness (QED) is 0.621. The van der Waals surface area contributed by atoms with E-state index in [0.29, 0.717) is 6.54 Å². The lowest BCUT2D eigenvalue weighted by Gasteiger charge is -2.34. The summed E-state index contributed by atoms with van der Waals surface area (Å²) >= 11 is 0. The number of anilines is 1. The molecule has 0 spiro atoms. The molecule has 0 aromatic heterocycles. The largest absolute Gasteiger partial charge is 0.606 e. The Morgan fingerprint density at radius 2 is 2.00 bits per heavy atom.